The standard InChI is InChI=1S/C19H14FNO2S/c20-15-5-7-16(8-6-15)21-24(22,23)17-9-10-19-14(12-17)11-13-3-1-2-4-18(13)19/h1-10,12,21H,11H2. The molecule has 0 bridgehead atoms. The maximum atomic E-state index is 12.9. The molecular formula is C19H14FNO2S. The van der Waals surface area contributed by atoms with E-state index < -0.39 is 15.8 Å². The van der Waals surface area contributed by atoms with Crippen LogP contribution in [0.5, 0.6) is 0 Å². The molecule has 0 spiro atoms. The number of sulfonamides is 1. The fraction of sp³-hybridized carbons (Fsp3) is 0.0526. The molecule has 0 unspecified atom stereocenters. The molecule has 0 saturated carbocycles. The Morgan fingerprint density at radius 2 is 1.54 bits per heavy atom. The van der Waals surface area contributed by atoms with Crippen LogP contribution in [0.25, 0.3) is 11.1 Å². The van der Waals surface area contributed by atoms with Gasteiger partial charge in [-0.15, -0.1) is 0 Å². The Bertz CT molecular complexity index is 1030. The SMILES string of the molecule is O=S(=O)(Nc1ccc(F)cc1)c1ccc2c(c1)Cc1ccccc1-2. The molecule has 24 heavy (non-hydrogen) atoms. The molecule has 3 aromatic carbocycles. The first-order valence-corrected chi connectivity index (χ1v) is 9.01. The van der Waals surface area contributed by atoms with Gasteiger partial charge in [0.25, 0.3) is 10.0 Å². The topological polar surface area (TPSA) is 46.2 Å². The van der Waals surface area contributed by atoms with Gasteiger partial charge in [0.1, 0.15) is 5.82 Å². The molecule has 0 radical (unpaired) electrons. The Hall–Kier alpha value is -2.66. The van der Waals surface area contributed by atoms with Gasteiger partial charge < -0.3 is 0 Å². The number of anilines is 1. The summed E-state index contributed by atoms with van der Waals surface area (Å²) in [4.78, 5) is 0.207. The molecule has 0 saturated heterocycles. The molecule has 0 heterocycles. The minimum atomic E-state index is -3.71. The van der Waals surface area contributed by atoms with Crippen LogP contribution in [0, 0.1) is 5.82 Å². The minimum Gasteiger partial charge on any atom is -0.280 e. The van der Waals surface area contributed by atoms with Gasteiger partial charge >= 0.3 is 0 Å². The van der Waals surface area contributed by atoms with Gasteiger partial charge in [0, 0.05) is 5.69 Å². The summed E-state index contributed by atoms with van der Waals surface area (Å²) in [6.45, 7) is 0. The summed E-state index contributed by atoms with van der Waals surface area (Å²) in [5.41, 5.74) is 4.76. The molecule has 0 amide bonds. The van der Waals surface area contributed by atoms with E-state index in [2.05, 4.69) is 10.8 Å². The Morgan fingerprint density at radius 1 is 0.833 bits per heavy atom. The highest BCUT2D eigenvalue weighted by Crippen LogP contribution is 2.37. The lowest BCUT2D eigenvalue weighted by Gasteiger charge is -2.09. The Kier molecular flexibility index (Phi) is 3.39. The van der Waals surface area contributed by atoms with Crippen molar-refractivity contribution in [3.05, 3.63) is 83.7 Å². The zero-order valence-electron chi connectivity index (χ0n) is 12.7. The number of rotatable bonds is 3. The molecule has 0 aromatic heterocycles. The fourth-order valence-corrected chi connectivity index (χ4v) is 4.13. The van der Waals surface area contributed by atoms with Crippen molar-refractivity contribution in [1.29, 1.82) is 0 Å². The molecule has 0 fully saturated rings. The van der Waals surface area contributed by atoms with Crippen molar-refractivity contribution < 1.29 is 12.8 Å². The third-order valence-corrected chi connectivity index (χ3v) is 5.55. The van der Waals surface area contributed by atoms with Gasteiger partial charge in [-0.25, -0.2) is 12.8 Å². The summed E-state index contributed by atoms with van der Waals surface area (Å²) in [7, 11) is -3.71. The lowest BCUT2D eigenvalue weighted by Crippen LogP contribution is -2.13. The Morgan fingerprint density at radius 3 is 2.33 bits per heavy atom. The molecule has 5 heteroatoms. The first-order valence-electron chi connectivity index (χ1n) is 7.52. The second kappa shape index (κ2) is 5.46. The van der Waals surface area contributed by atoms with E-state index in [0.717, 1.165) is 23.1 Å². The van der Waals surface area contributed by atoms with Crippen LogP contribution in [-0.2, 0) is 16.4 Å². The van der Waals surface area contributed by atoms with Crippen LogP contribution in [0.15, 0.2) is 71.6 Å². The van der Waals surface area contributed by atoms with Crippen LogP contribution in [0.3, 0.4) is 0 Å². The molecule has 3 nitrogen and oxygen atoms in total. The Labute approximate surface area is 139 Å². The van der Waals surface area contributed by atoms with E-state index in [0.29, 0.717) is 5.69 Å². The van der Waals surface area contributed by atoms with Gasteiger partial charge in [-0.05, 0) is 65.1 Å². The molecule has 4 rings (SSSR count). The van der Waals surface area contributed by atoms with Gasteiger partial charge in [-0.1, -0.05) is 30.3 Å². The highest BCUT2D eigenvalue weighted by Gasteiger charge is 2.21. The molecule has 1 aliphatic rings. The first-order chi connectivity index (χ1) is 11.5. The number of nitrogens with one attached hydrogen (secondary N) is 1. The third-order valence-electron chi connectivity index (χ3n) is 4.17. The lowest BCUT2D eigenvalue weighted by atomic mass is 10.1. The second-order valence-corrected chi connectivity index (χ2v) is 7.45. The van der Waals surface area contributed by atoms with Crippen molar-refractivity contribution in [2.24, 2.45) is 0 Å². The first kappa shape index (κ1) is 14.9. The summed E-state index contributed by atoms with van der Waals surface area (Å²) >= 11 is 0. The van der Waals surface area contributed by atoms with Gasteiger partial charge in [-0.2, -0.15) is 0 Å². The molecule has 3 aromatic rings. The highest BCUT2D eigenvalue weighted by atomic mass is 32.2. The zero-order chi connectivity index (χ0) is 16.7. The summed E-state index contributed by atoms with van der Waals surface area (Å²) in [6, 6.07) is 18.5. The third kappa shape index (κ3) is 2.57. The van der Waals surface area contributed by atoms with E-state index in [4.69, 9.17) is 0 Å². The summed E-state index contributed by atoms with van der Waals surface area (Å²) in [5, 5.41) is 0. The van der Waals surface area contributed by atoms with Crippen LogP contribution in [-0.4, -0.2) is 8.42 Å². The zero-order valence-corrected chi connectivity index (χ0v) is 13.5. The van der Waals surface area contributed by atoms with Gasteiger partial charge in [0.2, 0.25) is 0 Å². The van der Waals surface area contributed by atoms with E-state index in [-0.39, 0.29) is 4.90 Å². The predicted octanol–water partition coefficient (Wildman–Crippen LogP) is 4.20. The van der Waals surface area contributed by atoms with E-state index in [9.17, 15) is 12.8 Å². The van der Waals surface area contributed by atoms with E-state index >= 15 is 0 Å². The number of hydrogen-bond acceptors (Lipinski definition) is 2. The fourth-order valence-electron chi connectivity index (χ4n) is 3.02. The summed E-state index contributed by atoms with van der Waals surface area (Å²) in [6.07, 6.45) is 0.728. The van der Waals surface area contributed by atoms with Crippen molar-refractivity contribution in [3.8, 4) is 11.1 Å². The predicted molar refractivity (Wildman–Crippen MR) is 91.9 cm³/mol. The molecule has 120 valence electrons. The monoisotopic (exact) mass is 339 g/mol. The van der Waals surface area contributed by atoms with Crippen molar-refractivity contribution in [3.63, 3.8) is 0 Å². The number of fused-ring (bicyclic) bond motifs is 3. The molecule has 0 atom stereocenters. The van der Waals surface area contributed by atoms with Crippen molar-refractivity contribution >= 4 is 15.7 Å². The number of hydrogen-bond donors (Lipinski definition) is 1. The number of halogens is 1. The van der Waals surface area contributed by atoms with Gasteiger partial charge in [0.15, 0.2) is 0 Å². The van der Waals surface area contributed by atoms with Crippen LogP contribution >= 0.6 is 0 Å². The van der Waals surface area contributed by atoms with Gasteiger partial charge in [-0.3, -0.25) is 4.72 Å². The van der Waals surface area contributed by atoms with E-state index in [1.54, 1.807) is 12.1 Å². The minimum absolute atomic E-state index is 0.207. The molecule has 0 aliphatic heterocycles. The average Bonchev–Trinajstić information content (AvgIpc) is 2.94. The largest absolute Gasteiger partial charge is 0.280 e. The Balaban J connectivity index is 1.68. The average molecular weight is 339 g/mol. The molecule has 1 aliphatic carbocycles. The van der Waals surface area contributed by atoms with Crippen LogP contribution in [0.2, 0.25) is 0 Å². The highest BCUT2D eigenvalue weighted by molar-refractivity contribution is 7.92. The molecule has 1 N–H and O–H groups in total. The van der Waals surface area contributed by atoms with Crippen LogP contribution in [0.1, 0.15) is 11.1 Å². The summed E-state index contributed by atoms with van der Waals surface area (Å²) < 4.78 is 40.5. The van der Waals surface area contributed by atoms with Crippen LogP contribution in [0.4, 0.5) is 10.1 Å². The number of benzene rings is 3. The van der Waals surface area contributed by atoms with Crippen molar-refractivity contribution in [2.45, 2.75) is 11.3 Å². The van der Waals surface area contributed by atoms with E-state index in [1.165, 1.54) is 29.8 Å². The van der Waals surface area contributed by atoms with Crippen molar-refractivity contribution in [2.75, 3.05) is 4.72 Å². The van der Waals surface area contributed by atoms with E-state index in [1.807, 2.05) is 24.3 Å². The summed E-state index contributed by atoms with van der Waals surface area (Å²) in [5.74, 6) is -0.409. The lowest BCUT2D eigenvalue weighted by molar-refractivity contribution is 0.601. The smallest absolute Gasteiger partial charge is 0.261 e. The van der Waals surface area contributed by atoms with Crippen LogP contribution < -0.4 is 4.72 Å². The van der Waals surface area contributed by atoms with Gasteiger partial charge in [0.05, 0.1) is 4.90 Å². The second-order valence-electron chi connectivity index (χ2n) is 5.77. The molecular weight excluding hydrogens is 325 g/mol. The maximum Gasteiger partial charge on any atom is 0.261 e. The quantitative estimate of drug-likeness (QED) is 0.608. The maximum absolute atomic E-state index is 12.9. The normalized spacial score (nSPS) is 12.5. The van der Waals surface area contributed by atoms with Crippen molar-refractivity contribution in [1.82, 2.24) is 0 Å².